The van der Waals surface area contributed by atoms with E-state index in [-0.39, 0.29) is 12.0 Å². The zero-order valence-electron chi connectivity index (χ0n) is 7.73. The molecule has 0 saturated carbocycles. The maximum atomic E-state index is 9.16. The minimum absolute atomic E-state index is 0.262. The molecule has 0 radical (unpaired) electrons. The van der Waals surface area contributed by atoms with Crippen LogP contribution in [0.2, 0.25) is 0 Å². The molecule has 2 atom stereocenters. The number of rotatable bonds is 3. The number of aliphatic hydroxyl groups excluding tert-OH is 1. The predicted molar refractivity (Wildman–Crippen MR) is 45.7 cm³/mol. The lowest BCUT2D eigenvalue weighted by molar-refractivity contribution is 0.175. The van der Waals surface area contributed by atoms with Gasteiger partial charge in [0, 0.05) is 13.0 Å². The molecule has 0 aromatic carbocycles. The van der Waals surface area contributed by atoms with Crippen molar-refractivity contribution >= 4 is 0 Å². The van der Waals surface area contributed by atoms with Gasteiger partial charge >= 0.3 is 0 Å². The van der Waals surface area contributed by atoms with Crippen LogP contribution in [0.4, 0.5) is 0 Å². The number of nitrogens with zero attached hydrogens (tertiary/aromatic N) is 3. The van der Waals surface area contributed by atoms with Gasteiger partial charge in [-0.3, -0.25) is 0 Å². The molecule has 68 valence electrons. The Morgan fingerprint density at radius 1 is 1.58 bits per heavy atom. The third-order valence-corrected chi connectivity index (χ3v) is 1.88. The Morgan fingerprint density at radius 2 is 2.25 bits per heavy atom. The van der Waals surface area contributed by atoms with Gasteiger partial charge in [-0.1, -0.05) is 6.92 Å². The van der Waals surface area contributed by atoms with E-state index in [4.69, 9.17) is 5.11 Å². The Kier molecular flexibility index (Phi) is 2.81. The Morgan fingerprint density at radius 3 is 2.67 bits per heavy atom. The van der Waals surface area contributed by atoms with Crippen LogP contribution >= 0.6 is 0 Å². The van der Waals surface area contributed by atoms with Crippen LogP contribution in [0.5, 0.6) is 0 Å². The SMILES string of the molecule is CC(O)CC(C)c1nncn1C. The van der Waals surface area contributed by atoms with Crippen LogP contribution < -0.4 is 0 Å². The minimum atomic E-state index is -0.281. The van der Waals surface area contributed by atoms with Crippen LogP contribution in [0.15, 0.2) is 6.33 Å². The van der Waals surface area contributed by atoms with E-state index >= 15 is 0 Å². The predicted octanol–water partition coefficient (Wildman–Crippen LogP) is 0.690. The largest absolute Gasteiger partial charge is 0.393 e. The monoisotopic (exact) mass is 169 g/mol. The molecule has 1 aromatic heterocycles. The lowest BCUT2D eigenvalue weighted by Crippen LogP contribution is -2.09. The Balaban J connectivity index is 2.65. The first kappa shape index (κ1) is 9.19. The lowest BCUT2D eigenvalue weighted by atomic mass is 10.0. The van der Waals surface area contributed by atoms with E-state index in [1.807, 2.05) is 18.5 Å². The first-order chi connectivity index (χ1) is 5.61. The second kappa shape index (κ2) is 3.67. The van der Waals surface area contributed by atoms with E-state index in [2.05, 4.69) is 10.2 Å². The van der Waals surface area contributed by atoms with E-state index in [0.717, 1.165) is 12.2 Å². The summed E-state index contributed by atoms with van der Waals surface area (Å²) >= 11 is 0. The molecule has 0 aliphatic carbocycles. The first-order valence-corrected chi connectivity index (χ1v) is 4.13. The molecule has 4 nitrogen and oxygen atoms in total. The van der Waals surface area contributed by atoms with E-state index in [1.165, 1.54) is 0 Å². The maximum absolute atomic E-state index is 9.16. The van der Waals surface area contributed by atoms with Crippen molar-refractivity contribution in [3.8, 4) is 0 Å². The normalized spacial score (nSPS) is 16.0. The molecule has 0 aliphatic rings. The molecule has 0 spiro atoms. The summed E-state index contributed by atoms with van der Waals surface area (Å²) in [5.41, 5.74) is 0. The van der Waals surface area contributed by atoms with Gasteiger partial charge in [-0.2, -0.15) is 0 Å². The van der Waals surface area contributed by atoms with Gasteiger partial charge in [0.05, 0.1) is 6.10 Å². The number of hydrogen-bond acceptors (Lipinski definition) is 3. The van der Waals surface area contributed by atoms with Gasteiger partial charge in [0.2, 0.25) is 0 Å². The summed E-state index contributed by atoms with van der Waals surface area (Å²) < 4.78 is 1.88. The van der Waals surface area contributed by atoms with Crippen molar-refractivity contribution in [1.82, 2.24) is 14.8 Å². The molecule has 4 heteroatoms. The standard InChI is InChI=1S/C8H15N3O/c1-6(4-7(2)12)8-10-9-5-11(8)3/h5-7,12H,4H2,1-3H3. The number of hydrogen-bond donors (Lipinski definition) is 1. The molecule has 2 unspecified atom stereocenters. The third-order valence-electron chi connectivity index (χ3n) is 1.88. The third kappa shape index (κ3) is 2.04. The topological polar surface area (TPSA) is 50.9 Å². The highest BCUT2D eigenvalue weighted by atomic mass is 16.3. The second-order valence-corrected chi connectivity index (χ2v) is 3.29. The molecular weight excluding hydrogens is 154 g/mol. The van der Waals surface area contributed by atoms with Crippen molar-refractivity contribution in [2.45, 2.75) is 32.3 Å². The number of aryl methyl sites for hydroxylation is 1. The summed E-state index contributed by atoms with van der Waals surface area (Å²) in [6.07, 6.45) is 2.12. The van der Waals surface area contributed by atoms with E-state index in [1.54, 1.807) is 13.3 Å². The average molecular weight is 169 g/mol. The van der Waals surface area contributed by atoms with Gasteiger partial charge in [-0.15, -0.1) is 10.2 Å². The highest BCUT2D eigenvalue weighted by molar-refractivity contribution is 4.93. The van der Waals surface area contributed by atoms with Gasteiger partial charge in [-0.05, 0) is 13.3 Å². The summed E-state index contributed by atoms with van der Waals surface area (Å²) in [6.45, 7) is 3.82. The Bertz CT molecular complexity index is 244. The van der Waals surface area contributed by atoms with E-state index < -0.39 is 0 Å². The van der Waals surface area contributed by atoms with Crippen molar-refractivity contribution in [3.05, 3.63) is 12.2 Å². The molecule has 1 heterocycles. The van der Waals surface area contributed by atoms with Crippen LogP contribution in [0.3, 0.4) is 0 Å². The quantitative estimate of drug-likeness (QED) is 0.724. The van der Waals surface area contributed by atoms with Crippen molar-refractivity contribution in [2.75, 3.05) is 0 Å². The van der Waals surface area contributed by atoms with Gasteiger partial charge in [-0.25, -0.2) is 0 Å². The summed E-state index contributed by atoms with van der Waals surface area (Å²) in [4.78, 5) is 0. The van der Waals surface area contributed by atoms with Crippen molar-refractivity contribution in [3.63, 3.8) is 0 Å². The van der Waals surface area contributed by atoms with Crippen molar-refractivity contribution in [1.29, 1.82) is 0 Å². The minimum Gasteiger partial charge on any atom is -0.393 e. The summed E-state index contributed by atoms with van der Waals surface area (Å²) in [6, 6.07) is 0. The van der Waals surface area contributed by atoms with Crippen LogP contribution in [-0.4, -0.2) is 26.0 Å². The van der Waals surface area contributed by atoms with Gasteiger partial charge in [0.25, 0.3) is 0 Å². The fraction of sp³-hybridized carbons (Fsp3) is 0.750. The lowest BCUT2D eigenvalue weighted by Gasteiger charge is -2.11. The number of aliphatic hydroxyl groups is 1. The molecule has 1 N–H and O–H groups in total. The molecular formula is C8H15N3O. The average Bonchev–Trinajstić information content (AvgIpc) is 2.33. The van der Waals surface area contributed by atoms with Gasteiger partial charge < -0.3 is 9.67 Å². The van der Waals surface area contributed by atoms with Gasteiger partial charge in [0.1, 0.15) is 12.2 Å². The fourth-order valence-corrected chi connectivity index (χ4v) is 1.36. The van der Waals surface area contributed by atoms with E-state index in [9.17, 15) is 0 Å². The fourth-order valence-electron chi connectivity index (χ4n) is 1.36. The highest BCUT2D eigenvalue weighted by Crippen LogP contribution is 2.16. The van der Waals surface area contributed by atoms with E-state index in [0.29, 0.717) is 0 Å². The molecule has 1 aromatic rings. The molecule has 0 amide bonds. The van der Waals surface area contributed by atoms with Crippen LogP contribution in [-0.2, 0) is 7.05 Å². The van der Waals surface area contributed by atoms with Crippen molar-refractivity contribution in [2.24, 2.45) is 7.05 Å². The van der Waals surface area contributed by atoms with Crippen LogP contribution in [0, 0.1) is 0 Å². The molecule has 12 heavy (non-hydrogen) atoms. The molecule has 0 fully saturated rings. The summed E-state index contributed by atoms with van der Waals surface area (Å²) in [5.74, 6) is 1.19. The first-order valence-electron chi connectivity index (χ1n) is 4.13. The van der Waals surface area contributed by atoms with Crippen LogP contribution in [0.1, 0.15) is 32.0 Å². The summed E-state index contributed by atoms with van der Waals surface area (Å²) in [7, 11) is 1.91. The zero-order valence-corrected chi connectivity index (χ0v) is 7.73. The summed E-state index contributed by atoms with van der Waals surface area (Å²) in [5, 5.41) is 16.9. The van der Waals surface area contributed by atoms with Gasteiger partial charge in [0.15, 0.2) is 0 Å². The maximum Gasteiger partial charge on any atom is 0.135 e. The molecule has 1 rings (SSSR count). The highest BCUT2D eigenvalue weighted by Gasteiger charge is 2.13. The second-order valence-electron chi connectivity index (χ2n) is 3.29. The van der Waals surface area contributed by atoms with Crippen LogP contribution in [0.25, 0.3) is 0 Å². The van der Waals surface area contributed by atoms with Crippen molar-refractivity contribution < 1.29 is 5.11 Å². The Labute approximate surface area is 72.2 Å². The molecule has 0 saturated heterocycles. The molecule has 0 bridgehead atoms. The smallest absolute Gasteiger partial charge is 0.135 e. The Hall–Kier alpha value is -0.900. The molecule has 0 aliphatic heterocycles. The number of aromatic nitrogens is 3. The zero-order chi connectivity index (χ0) is 9.14.